The van der Waals surface area contributed by atoms with Crippen LogP contribution in [0.1, 0.15) is 24.5 Å². The summed E-state index contributed by atoms with van der Waals surface area (Å²) in [5.41, 5.74) is -0.0546. The molecule has 4 rings (SSSR count). The summed E-state index contributed by atoms with van der Waals surface area (Å²) in [7, 11) is 0. The fourth-order valence-corrected chi connectivity index (χ4v) is 3.85. The molecular weight excluding hydrogens is 515 g/mol. The van der Waals surface area contributed by atoms with Crippen LogP contribution in [-0.2, 0) is 12.5 Å². The molecule has 0 saturated carbocycles. The van der Waals surface area contributed by atoms with E-state index in [4.69, 9.17) is 0 Å². The van der Waals surface area contributed by atoms with E-state index >= 15 is 0 Å². The van der Waals surface area contributed by atoms with Crippen LogP contribution in [0.15, 0.2) is 66.9 Å². The highest BCUT2D eigenvalue weighted by molar-refractivity contribution is 5.66. The maximum absolute atomic E-state index is 14.8. The van der Waals surface area contributed by atoms with Crippen LogP contribution in [0.4, 0.5) is 30.7 Å². The average molecular weight is 535 g/mol. The molecular formula is C28H20F7NO2. The SMILES string of the molecule is CCCc1ccc(-c2ccc(C(F)(F)Oc3ccc(-c4cc(F)c(OCF)c(F)c4)c(F)c3)c(F)c2)nc1. The summed E-state index contributed by atoms with van der Waals surface area (Å²) >= 11 is 0. The van der Waals surface area contributed by atoms with Crippen molar-refractivity contribution in [1.82, 2.24) is 4.98 Å². The molecule has 3 nitrogen and oxygen atoms in total. The largest absolute Gasteiger partial charge is 0.457 e. The van der Waals surface area contributed by atoms with Gasteiger partial charge in [-0.3, -0.25) is 4.98 Å². The smallest absolute Gasteiger partial charge is 0.429 e. The number of nitrogens with zero attached hydrogens (tertiary/aromatic N) is 1. The van der Waals surface area contributed by atoms with E-state index in [0.717, 1.165) is 42.7 Å². The van der Waals surface area contributed by atoms with Crippen LogP contribution in [0.2, 0.25) is 0 Å². The van der Waals surface area contributed by atoms with Crippen LogP contribution < -0.4 is 9.47 Å². The highest BCUT2D eigenvalue weighted by Crippen LogP contribution is 2.37. The van der Waals surface area contributed by atoms with Gasteiger partial charge in [-0.25, -0.2) is 22.0 Å². The van der Waals surface area contributed by atoms with Gasteiger partial charge >= 0.3 is 6.11 Å². The van der Waals surface area contributed by atoms with E-state index in [1.54, 1.807) is 12.3 Å². The lowest BCUT2D eigenvalue weighted by molar-refractivity contribution is -0.187. The van der Waals surface area contributed by atoms with Crippen LogP contribution >= 0.6 is 0 Å². The van der Waals surface area contributed by atoms with Crippen LogP contribution in [0.5, 0.6) is 11.5 Å². The Morgan fingerprint density at radius 2 is 1.50 bits per heavy atom. The van der Waals surface area contributed by atoms with Crippen molar-refractivity contribution in [2.45, 2.75) is 25.9 Å². The molecule has 38 heavy (non-hydrogen) atoms. The van der Waals surface area contributed by atoms with Gasteiger partial charge in [0.2, 0.25) is 6.86 Å². The first-order chi connectivity index (χ1) is 18.1. The summed E-state index contributed by atoms with van der Waals surface area (Å²) in [4.78, 5) is 4.24. The zero-order valence-corrected chi connectivity index (χ0v) is 19.9. The van der Waals surface area contributed by atoms with Gasteiger partial charge in [0.15, 0.2) is 17.4 Å². The summed E-state index contributed by atoms with van der Waals surface area (Å²) < 4.78 is 108. The van der Waals surface area contributed by atoms with Gasteiger partial charge in [0.05, 0.1) is 11.3 Å². The lowest BCUT2D eigenvalue weighted by atomic mass is 10.0. The second-order valence-corrected chi connectivity index (χ2v) is 8.28. The number of rotatable bonds is 9. The Kier molecular flexibility index (Phi) is 7.89. The number of ether oxygens (including phenoxy) is 2. The number of aromatic nitrogens is 1. The Balaban J connectivity index is 1.55. The predicted octanol–water partition coefficient (Wildman–Crippen LogP) is 8.36. The third-order valence-electron chi connectivity index (χ3n) is 5.64. The highest BCUT2D eigenvalue weighted by atomic mass is 19.3. The summed E-state index contributed by atoms with van der Waals surface area (Å²) in [6.07, 6.45) is -0.803. The van der Waals surface area contributed by atoms with Gasteiger partial charge in [-0.1, -0.05) is 25.5 Å². The van der Waals surface area contributed by atoms with Gasteiger partial charge in [-0.15, -0.1) is 0 Å². The van der Waals surface area contributed by atoms with Crippen molar-refractivity contribution >= 4 is 0 Å². The predicted molar refractivity (Wildman–Crippen MR) is 127 cm³/mol. The van der Waals surface area contributed by atoms with Crippen molar-refractivity contribution < 1.29 is 40.2 Å². The number of hydrogen-bond acceptors (Lipinski definition) is 3. The summed E-state index contributed by atoms with van der Waals surface area (Å²) in [5.74, 6) is -6.61. The normalized spacial score (nSPS) is 11.5. The van der Waals surface area contributed by atoms with Crippen molar-refractivity contribution in [3.8, 4) is 33.9 Å². The third kappa shape index (κ3) is 5.74. The summed E-state index contributed by atoms with van der Waals surface area (Å²) in [6.45, 7) is 0.536. The van der Waals surface area contributed by atoms with E-state index < -0.39 is 53.3 Å². The van der Waals surface area contributed by atoms with Crippen molar-refractivity contribution in [2.75, 3.05) is 6.86 Å². The molecule has 0 radical (unpaired) electrons. The number of hydrogen-bond donors (Lipinski definition) is 0. The molecule has 198 valence electrons. The molecule has 0 aliphatic carbocycles. The molecule has 0 bridgehead atoms. The number of pyridine rings is 1. The Labute approximate surface area is 213 Å². The van der Waals surface area contributed by atoms with E-state index in [-0.39, 0.29) is 16.7 Å². The first kappa shape index (κ1) is 27.0. The van der Waals surface area contributed by atoms with Gasteiger partial charge in [-0.05, 0) is 60.0 Å². The minimum absolute atomic E-state index is 0.280. The van der Waals surface area contributed by atoms with E-state index in [2.05, 4.69) is 14.5 Å². The van der Waals surface area contributed by atoms with E-state index in [1.165, 1.54) is 6.07 Å². The average Bonchev–Trinajstić information content (AvgIpc) is 2.86. The van der Waals surface area contributed by atoms with Crippen molar-refractivity contribution in [2.24, 2.45) is 0 Å². The quantitative estimate of drug-likeness (QED) is 0.202. The molecule has 0 atom stereocenters. The van der Waals surface area contributed by atoms with Gasteiger partial charge in [0, 0.05) is 23.4 Å². The fraction of sp³-hybridized carbons (Fsp3) is 0.179. The Morgan fingerprint density at radius 1 is 0.789 bits per heavy atom. The Bertz CT molecular complexity index is 1420. The molecule has 3 aromatic carbocycles. The van der Waals surface area contributed by atoms with Crippen molar-refractivity contribution in [3.63, 3.8) is 0 Å². The minimum atomic E-state index is -4.18. The molecule has 10 heteroatoms. The maximum Gasteiger partial charge on any atom is 0.429 e. The zero-order chi connectivity index (χ0) is 27.4. The van der Waals surface area contributed by atoms with Crippen LogP contribution in [-0.4, -0.2) is 11.8 Å². The molecule has 1 heterocycles. The second-order valence-electron chi connectivity index (χ2n) is 8.28. The molecule has 4 aromatic rings. The Hall–Kier alpha value is -4.08. The third-order valence-corrected chi connectivity index (χ3v) is 5.64. The Morgan fingerprint density at radius 3 is 2.08 bits per heavy atom. The van der Waals surface area contributed by atoms with Gasteiger partial charge in [-0.2, -0.15) is 8.78 Å². The molecule has 0 spiro atoms. The number of aryl methyl sites for hydroxylation is 1. The molecule has 0 aliphatic heterocycles. The van der Waals surface area contributed by atoms with E-state index in [1.807, 2.05) is 13.0 Å². The van der Waals surface area contributed by atoms with Crippen LogP contribution in [0.25, 0.3) is 22.4 Å². The number of benzene rings is 3. The summed E-state index contributed by atoms with van der Waals surface area (Å²) in [5, 5.41) is 0. The molecule has 0 saturated heterocycles. The second kappa shape index (κ2) is 11.1. The first-order valence-corrected chi connectivity index (χ1v) is 11.4. The van der Waals surface area contributed by atoms with Gasteiger partial charge in [0.1, 0.15) is 17.4 Å². The summed E-state index contributed by atoms with van der Waals surface area (Å²) in [6, 6.07) is 10.4. The van der Waals surface area contributed by atoms with Crippen LogP contribution in [0, 0.1) is 23.3 Å². The highest BCUT2D eigenvalue weighted by Gasteiger charge is 2.38. The molecule has 0 aliphatic rings. The first-order valence-electron chi connectivity index (χ1n) is 11.4. The topological polar surface area (TPSA) is 31.4 Å². The van der Waals surface area contributed by atoms with Crippen molar-refractivity contribution in [1.29, 1.82) is 0 Å². The lowest BCUT2D eigenvalue weighted by Crippen LogP contribution is -2.23. The number of halogens is 7. The fourth-order valence-electron chi connectivity index (χ4n) is 3.85. The van der Waals surface area contributed by atoms with Crippen LogP contribution in [0.3, 0.4) is 0 Å². The van der Waals surface area contributed by atoms with Gasteiger partial charge in [0.25, 0.3) is 0 Å². The molecule has 0 N–H and O–H groups in total. The molecule has 0 fully saturated rings. The van der Waals surface area contributed by atoms with E-state index in [9.17, 15) is 30.7 Å². The molecule has 0 amide bonds. The van der Waals surface area contributed by atoms with Crippen molar-refractivity contribution in [3.05, 3.63) is 101 Å². The zero-order valence-electron chi connectivity index (χ0n) is 19.9. The van der Waals surface area contributed by atoms with E-state index in [0.29, 0.717) is 23.9 Å². The molecule has 0 unspecified atom stereocenters. The molecule has 1 aromatic heterocycles. The standard InChI is InChI=1S/C28H20F7NO2/c1-2-3-16-4-9-26(36-14-16)17-5-8-21(23(31)10-17)28(34,35)38-19-6-7-20(22(30)13-19)18-11-24(32)27(37-15-29)25(33)12-18/h4-14H,2-3,15H2,1H3. The maximum atomic E-state index is 14.8. The van der Waals surface area contributed by atoms with Gasteiger partial charge < -0.3 is 9.47 Å². The number of alkyl halides is 3. The minimum Gasteiger partial charge on any atom is -0.457 e. The lowest BCUT2D eigenvalue weighted by Gasteiger charge is -2.19. The monoisotopic (exact) mass is 535 g/mol.